The van der Waals surface area contributed by atoms with Gasteiger partial charge in [-0.25, -0.2) is 9.07 Å². The maximum absolute atomic E-state index is 12.9. The average Bonchev–Trinajstić information content (AvgIpc) is 2.91. The number of carbonyl (C=O) groups excluding carboxylic acids is 1. The molecule has 1 aromatic heterocycles. The number of nitrogens with one attached hydrogen (secondary N) is 1. The van der Waals surface area contributed by atoms with Crippen LogP contribution in [-0.2, 0) is 16.1 Å². The number of fused-ring (bicyclic) bond motifs is 1. The zero-order chi connectivity index (χ0) is 14.8. The van der Waals surface area contributed by atoms with E-state index >= 15 is 0 Å². The highest BCUT2D eigenvalue weighted by atomic mass is 19.1. The van der Waals surface area contributed by atoms with Gasteiger partial charge in [-0.15, -0.1) is 5.10 Å². The molecule has 3 rings (SSSR count). The van der Waals surface area contributed by atoms with E-state index in [1.807, 2.05) is 0 Å². The molecule has 2 aromatic rings. The van der Waals surface area contributed by atoms with Gasteiger partial charge in [-0.1, -0.05) is 0 Å². The number of anilines is 1. The molecule has 1 atom stereocenters. The normalized spacial score (nSPS) is 17.0. The summed E-state index contributed by atoms with van der Waals surface area (Å²) in [4.78, 5) is 16.1. The molecule has 0 saturated carbocycles. The number of carbonyl (C=O) groups is 1. The molecule has 2 heterocycles. The highest BCUT2D eigenvalue weighted by molar-refractivity contribution is 5.73. The van der Waals surface area contributed by atoms with Crippen LogP contribution in [0.1, 0.15) is 6.92 Å². The molecule has 21 heavy (non-hydrogen) atoms. The van der Waals surface area contributed by atoms with Crippen molar-refractivity contribution in [2.45, 2.75) is 13.5 Å². The van der Waals surface area contributed by atoms with Crippen molar-refractivity contribution in [2.75, 3.05) is 18.5 Å². The number of nitrogens with zero attached hydrogens (tertiary/aromatic N) is 3. The molecule has 0 amide bonds. The second-order valence-corrected chi connectivity index (χ2v) is 4.78. The van der Waals surface area contributed by atoms with Crippen LogP contribution in [0.4, 0.5) is 10.3 Å². The number of ether oxygens (including phenoxy) is 1. The van der Waals surface area contributed by atoms with Crippen molar-refractivity contribution in [3.05, 3.63) is 30.1 Å². The molecule has 7 heteroatoms. The number of hydrogen-bond acceptors (Lipinski definition) is 5. The van der Waals surface area contributed by atoms with E-state index in [-0.39, 0.29) is 17.7 Å². The summed E-state index contributed by atoms with van der Waals surface area (Å²) in [6.45, 7) is 3.04. The Morgan fingerprint density at radius 3 is 2.95 bits per heavy atom. The largest absolute Gasteiger partial charge is 0.466 e. The average molecular weight is 290 g/mol. The first-order valence-electron chi connectivity index (χ1n) is 6.78. The number of rotatable bonds is 3. The van der Waals surface area contributed by atoms with Gasteiger partial charge in [0.15, 0.2) is 5.82 Å². The van der Waals surface area contributed by atoms with Crippen LogP contribution < -0.4 is 5.32 Å². The van der Waals surface area contributed by atoms with Crippen LogP contribution in [0.25, 0.3) is 11.4 Å². The fraction of sp³-hybridized carbons (Fsp3) is 0.357. The lowest BCUT2D eigenvalue weighted by atomic mass is 10.1. The molecule has 0 bridgehead atoms. The van der Waals surface area contributed by atoms with Gasteiger partial charge in [0.05, 0.1) is 19.1 Å². The molecule has 0 spiro atoms. The molecule has 1 N–H and O–H groups in total. The summed E-state index contributed by atoms with van der Waals surface area (Å²) in [5, 5.41) is 7.42. The van der Waals surface area contributed by atoms with E-state index in [0.717, 1.165) is 5.56 Å². The highest BCUT2D eigenvalue weighted by Gasteiger charge is 2.27. The first-order valence-corrected chi connectivity index (χ1v) is 6.78. The van der Waals surface area contributed by atoms with Gasteiger partial charge in [0, 0.05) is 12.1 Å². The monoisotopic (exact) mass is 290 g/mol. The highest BCUT2D eigenvalue weighted by Crippen LogP contribution is 2.22. The third kappa shape index (κ3) is 2.72. The second kappa shape index (κ2) is 5.51. The maximum Gasteiger partial charge on any atom is 0.312 e. The Kier molecular flexibility index (Phi) is 3.55. The quantitative estimate of drug-likeness (QED) is 0.871. The summed E-state index contributed by atoms with van der Waals surface area (Å²) < 4.78 is 19.6. The van der Waals surface area contributed by atoms with Gasteiger partial charge in [0.1, 0.15) is 5.82 Å². The van der Waals surface area contributed by atoms with Gasteiger partial charge in [-0.2, -0.15) is 4.98 Å². The van der Waals surface area contributed by atoms with Gasteiger partial charge in [0.25, 0.3) is 0 Å². The number of aromatic nitrogens is 3. The van der Waals surface area contributed by atoms with Crippen molar-refractivity contribution in [2.24, 2.45) is 5.92 Å². The summed E-state index contributed by atoms with van der Waals surface area (Å²) in [5.41, 5.74) is 0.729. The Morgan fingerprint density at radius 2 is 2.24 bits per heavy atom. The molecule has 0 fully saturated rings. The third-order valence-corrected chi connectivity index (χ3v) is 3.29. The molecule has 1 aliphatic rings. The molecular weight excluding hydrogens is 275 g/mol. The molecule has 1 unspecified atom stereocenters. The van der Waals surface area contributed by atoms with Crippen LogP contribution >= 0.6 is 0 Å². The predicted molar refractivity (Wildman–Crippen MR) is 74.0 cm³/mol. The topological polar surface area (TPSA) is 69.0 Å². The van der Waals surface area contributed by atoms with E-state index < -0.39 is 0 Å². The Balaban J connectivity index is 1.81. The maximum atomic E-state index is 12.9. The summed E-state index contributed by atoms with van der Waals surface area (Å²) in [5.74, 6) is 0.287. The zero-order valence-electron chi connectivity index (χ0n) is 11.5. The molecule has 1 aliphatic heterocycles. The van der Waals surface area contributed by atoms with Gasteiger partial charge in [0.2, 0.25) is 5.95 Å². The Labute approximate surface area is 120 Å². The first-order chi connectivity index (χ1) is 10.2. The van der Waals surface area contributed by atoms with E-state index in [1.54, 1.807) is 23.7 Å². The third-order valence-electron chi connectivity index (χ3n) is 3.29. The van der Waals surface area contributed by atoms with E-state index in [2.05, 4.69) is 15.4 Å². The van der Waals surface area contributed by atoms with Crippen LogP contribution in [0.3, 0.4) is 0 Å². The minimum absolute atomic E-state index is 0.241. The molecule has 1 aromatic carbocycles. The SMILES string of the molecule is CCOC(=O)C1CNc2nc(-c3ccc(F)cc3)nn2C1. The van der Waals surface area contributed by atoms with Crippen LogP contribution in [0.2, 0.25) is 0 Å². The molecule has 0 radical (unpaired) electrons. The summed E-state index contributed by atoms with van der Waals surface area (Å²) >= 11 is 0. The smallest absolute Gasteiger partial charge is 0.312 e. The van der Waals surface area contributed by atoms with Crippen LogP contribution in [0.15, 0.2) is 24.3 Å². The van der Waals surface area contributed by atoms with Crippen LogP contribution in [0.5, 0.6) is 0 Å². The molecule has 110 valence electrons. The Morgan fingerprint density at radius 1 is 1.48 bits per heavy atom. The van der Waals surface area contributed by atoms with Crippen LogP contribution in [-0.4, -0.2) is 33.9 Å². The minimum Gasteiger partial charge on any atom is -0.466 e. The zero-order valence-corrected chi connectivity index (χ0v) is 11.5. The second-order valence-electron chi connectivity index (χ2n) is 4.78. The van der Waals surface area contributed by atoms with Crippen molar-refractivity contribution in [1.82, 2.24) is 14.8 Å². The Hall–Kier alpha value is -2.44. The van der Waals surface area contributed by atoms with Gasteiger partial charge >= 0.3 is 5.97 Å². The lowest BCUT2D eigenvalue weighted by molar-refractivity contribution is -0.148. The van der Waals surface area contributed by atoms with E-state index in [4.69, 9.17) is 4.74 Å². The Bertz CT molecular complexity index is 653. The minimum atomic E-state index is -0.303. The fourth-order valence-electron chi connectivity index (χ4n) is 2.23. The van der Waals surface area contributed by atoms with Gasteiger partial charge in [-0.3, -0.25) is 4.79 Å². The number of esters is 1. The molecule has 0 aliphatic carbocycles. The van der Waals surface area contributed by atoms with E-state index in [1.165, 1.54) is 12.1 Å². The lowest BCUT2D eigenvalue weighted by Crippen LogP contribution is -2.34. The van der Waals surface area contributed by atoms with Gasteiger partial charge < -0.3 is 10.1 Å². The number of hydrogen-bond donors (Lipinski definition) is 1. The van der Waals surface area contributed by atoms with E-state index in [9.17, 15) is 9.18 Å². The lowest BCUT2D eigenvalue weighted by Gasteiger charge is -2.21. The number of halogens is 1. The van der Waals surface area contributed by atoms with Crippen LogP contribution in [0, 0.1) is 11.7 Å². The molecule has 6 nitrogen and oxygen atoms in total. The first kappa shape index (κ1) is 13.5. The fourth-order valence-corrected chi connectivity index (χ4v) is 2.23. The van der Waals surface area contributed by atoms with Crippen molar-refractivity contribution >= 4 is 11.9 Å². The van der Waals surface area contributed by atoms with Gasteiger partial charge in [-0.05, 0) is 31.2 Å². The molecular formula is C14H15FN4O2. The number of benzene rings is 1. The van der Waals surface area contributed by atoms with Crippen molar-refractivity contribution < 1.29 is 13.9 Å². The summed E-state index contributed by atoms with van der Waals surface area (Å²) in [7, 11) is 0. The van der Waals surface area contributed by atoms with Crippen molar-refractivity contribution in [1.29, 1.82) is 0 Å². The standard InChI is InChI=1S/C14H15FN4O2/c1-2-21-13(20)10-7-16-14-17-12(18-19(14)8-10)9-3-5-11(15)6-4-9/h3-6,10H,2,7-8H2,1H3,(H,16,17,18). The van der Waals surface area contributed by atoms with Crippen molar-refractivity contribution in [3.63, 3.8) is 0 Å². The molecule has 0 saturated heterocycles. The predicted octanol–water partition coefficient (Wildman–Crippen LogP) is 1.69. The van der Waals surface area contributed by atoms with Crippen molar-refractivity contribution in [3.8, 4) is 11.4 Å². The summed E-state index contributed by atoms with van der Waals surface area (Å²) in [6, 6.07) is 5.98. The summed E-state index contributed by atoms with van der Waals surface area (Å²) in [6.07, 6.45) is 0. The van der Waals surface area contributed by atoms with E-state index in [0.29, 0.717) is 31.5 Å².